The monoisotopic (exact) mass is 147 g/mol. The molecule has 1 aliphatic heterocycles. The summed E-state index contributed by atoms with van der Waals surface area (Å²) in [6, 6.07) is 8.71. The molecule has 1 aromatic rings. The summed E-state index contributed by atoms with van der Waals surface area (Å²) in [7, 11) is 0. The third-order valence-corrected chi connectivity index (χ3v) is 2.22. The molecule has 0 radical (unpaired) electrons. The van der Waals surface area contributed by atoms with E-state index in [1.54, 1.807) is 0 Å². The highest BCUT2D eigenvalue weighted by Crippen LogP contribution is 2.20. The van der Waals surface area contributed by atoms with E-state index in [1.165, 1.54) is 30.8 Å². The molecule has 0 aromatic heterocycles. The van der Waals surface area contributed by atoms with Crippen molar-refractivity contribution in [3.63, 3.8) is 0 Å². The Labute approximate surface area is 67.6 Å². The van der Waals surface area contributed by atoms with E-state index >= 15 is 0 Å². The van der Waals surface area contributed by atoms with Crippen LogP contribution in [0, 0.1) is 6.92 Å². The second kappa shape index (κ2) is 2.57. The van der Waals surface area contributed by atoms with E-state index in [-0.39, 0.29) is 0 Å². The highest BCUT2D eigenvalue weighted by Gasteiger charge is 2.13. The van der Waals surface area contributed by atoms with Crippen LogP contribution in [0.2, 0.25) is 0 Å². The summed E-state index contributed by atoms with van der Waals surface area (Å²) in [4.78, 5) is 2.41. The predicted molar refractivity (Wildman–Crippen MR) is 48.0 cm³/mol. The normalized spacial score (nSPS) is 16.3. The van der Waals surface area contributed by atoms with Gasteiger partial charge in [0.05, 0.1) is 0 Å². The van der Waals surface area contributed by atoms with E-state index in [0.717, 1.165) is 0 Å². The molecule has 1 saturated heterocycles. The Kier molecular flexibility index (Phi) is 1.57. The van der Waals surface area contributed by atoms with Crippen LogP contribution in [0.3, 0.4) is 0 Å². The third kappa shape index (κ3) is 1.23. The van der Waals surface area contributed by atoms with Gasteiger partial charge in [-0.05, 0) is 31.0 Å². The first-order valence-electron chi connectivity index (χ1n) is 4.18. The van der Waals surface area contributed by atoms with Gasteiger partial charge in [0, 0.05) is 18.8 Å². The van der Waals surface area contributed by atoms with Gasteiger partial charge in [0.25, 0.3) is 0 Å². The molecule has 1 nitrogen and oxygen atoms in total. The first-order chi connectivity index (χ1) is 5.36. The lowest BCUT2D eigenvalue weighted by molar-refractivity contribution is 0.617. The molecule has 1 aromatic carbocycles. The van der Waals surface area contributed by atoms with E-state index < -0.39 is 0 Å². The second-order valence-corrected chi connectivity index (χ2v) is 3.18. The summed E-state index contributed by atoms with van der Waals surface area (Å²) in [5.74, 6) is 0. The summed E-state index contributed by atoms with van der Waals surface area (Å²) in [6.07, 6.45) is 1.36. The number of rotatable bonds is 1. The zero-order valence-electron chi connectivity index (χ0n) is 6.88. The summed E-state index contributed by atoms with van der Waals surface area (Å²) in [5, 5.41) is 0. The van der Waals surface area contributed by atoms with Crippen molar-refractivity contribution in [2.24, 2.45) is 0 Å². The highest BCUT2D eigenvalue weighted by molar-refractivity contribution is 5.49. The fourth-order valence-electron chi connectivity index (χ4n) is 1.40. The molecule has 1 heterocycles. The van der Waals surface area contributed by atoms with Crippen molar-refractivity contribution in [3.8, 4) is 0 Å². The molecule has 2 rings (SSSR count). The molecular weight excluding hydrogens is 134 g/mol. The standard InChI is InChI=1S/C10H13N/c1-9-4-2-5-10(8-9)11-6-3-7-11/h2,4-5,8H,3,6-7H2,1H3. The molecule has 0 N–H and O–H groups in total. The molecule has 0 amide bonds. The van der Waals surface area contributed by atoms with E-state index in [4.69, 9.17) is 0 Å². The summed E-state index contributed by atoms with van der Waals surface area (Å²) < 4.78 is 0. The van der Waals surface area contributed by atoms with Crippen LogP contribution in [0.25, 0.3) is 0 Å². The van der Waals surface area contributed by atoms with E-state index in [0.29, 0.717) is 0 Å². The molecule has 0 saturated carbocycles. The fourth-order valence-corrected chi connectivity index (χ4v) is 1.40. The first-order valence-corrected chi connectivity index (χ1v) is 4.18. The van der Waals surface area contributed by atoms with Gasteiger partial charge in [0.2, 0.25) is 0 Å². The maximum Gasteiger partial charge on any atom is 0.0368 e. The van der Waals surface area contributed by atoms with Crippen LogP contribution < -0.4 is 4.90 Å². The van der Waals surface area contributed by atoms with Crippen molar-refractivity contribution in [2.75, 3.05) is 18.0 Å². The zero-order chi connectivity index (χ0) is 7.68. The predicted octanol–water partition coefficient (Wildman–Crippen LogP) is 2.21. The van der Waals surface area contributed by atoms with Crippen molar-refractivity contribution in [1.29, 1.82) is 0 Å². The van der Waals surface area contributed by atoms with Gasteiger partial charge in [0.1, 0.15) is 0 Å². The Balaban J connectivity index is 2.23. The van der Waals surface area contributed by atoms with Gasteiger partial charge >= 0.3 is 0 Å². The third-order valence-electron chi connectivity index (χ3n) is 2.22. The van der Waals surface area contributed by atoms with Gasteiger partial charge in [-0.2, -0.15) is 0 Å². The molecule has 0 spiro atoms. The van der Waals surface area contributed by atoms with E-state index in [9.17, 15) is 0 Å². The Morgan fingerprint density at radius 3 is 2.64 bits per heavy atom. The summed E-state index contributed by atoms with van der Waals surface area (Å²) in [6.45, 7) is 4.62. The van der Waals surface area contributed by atoms with Gasteiger partial charge in [-0.1, -0.05) is 12.1 Å². The lowest BCUT2D eigenvalue weighted by Crippen LogP contribution is -2.36. The number of aryl methyl sites for hydroxylation is 1. The Hall–Kier alpha value is -0.980. The topological polar surface area (TPSA) is 3.24 Å². The van der Waals surface area contributed by atoms with Crippen LogP contribution in [-0.2, 0) is 0 Å². The molecule has 0 atom stereocenters. The van der Waals surface area contributed by atoms with Gasteiger partial charge in [-0.3, -0.25) is 0 Å². The molecular formula is C10H13N. The Morgan fingerprint density at radius 1 is 1.27 bits per heavy atom. The lowest BCUT2D eigenvalue weighted by Gasteiger charge is -2.33. The van der Waals surface area contributed by atoms with Crippen LogP contribution >= 0.6 is 0 Å². The van der Waals surface area contributed by atoms with Crippen molar-refractivity contribution in [1.82, 2.24) is 0 Å². The van der Waals surface area contributed by atoms with Crippen LogP contribution in [-0.4, -0.2) is 13.1 Å². The minimum absolute atomic E-state index is 1.24. The molecule has 58 valence electrons. The van der Waals surface area contributed by atoms with E-state index in [1.807, 2.05) is 0 Å². The average Bonchev–Trinajstić information content (AvgIpc) is 1.83. The van der Waals surface area contributed by atoms with Crippen molar-refractivity contribution >= 4 is 5.69 Å². The molecule has 1 heteroatoms. The van der Waals surface area contributed by atoms with Gasteiger partial charge in [-0.25, -0.2) is 0 Å². The van der Waals surface area contributed by atoms with Crippen molar-refractivity contribution in [3.05, 3.63) is 29.8 Å². The molecule has 0 bridgehead atoms. The lowest BCUT2D eigenvalue weighted by atomic mass is 10.1. The highest BCUT2D eigenvalue weighted by atomic mass is 15.2. The molecule has 0 aliphatic carbocycles. The molecule has 1 fully saturated rings. The minimum Gasteiger partial charge on any atom is -0.371 e. The van der Waals surface area contributed by atoms with Crippen molar-refractivity contribution < 1.29 is 0 Å². The Morgan fingerprint density at radius 2 is 2.09 bits per heavy atom. The number of benzene rings is 1. The quantitative estimate of drug-likeness (QED) is 0.588. The maximum atomic E-state index is 2.41. The van der Waals surface area contributed by atoms with Crippen LogP contribution in [0.1, 0.15) is 12.0 Å². The SMILES string of the molecule is Cc1cccc(N2CCC2)c1. The molecule has 1 aliphatic rings. The van der Waals surface area contributed by atoms with E-state index in [2.05, 4.69) is 36.1 Å². The Bertz CT molecular complexity index is 251. The summed E-state index contributed by atoms with van der Waals surface area (Å²) >= 11 is 0. The summed E-state index contributed by atoms with van der Waals surface area (Å²) in [5.41, 5.74) is 2.74. The van der Waals surface area contributed by atoms with Crippen LogP contribution in [0.4, 0.5) is 5.69 Å². The minimum atomic E-state index is 1.24. The van der Waals surface area contributed by atoms with Gasteiger partial charge in [0.15, 0.2) is 0 Å². The smallest absolute Gasteiger partial charge is 0.0368 e. The average molecular weight is 147 g/mol. The van der Waals surface area contributed by atoms with Gasteiger partial charge in [-0.15, -0.1) is 0 Å². The second-order valence-electron chi connectivity index (χ2n) is 3.18. The first kappa shape index (κ1) is 6.71. The number of hydrogen-bond donors (Lipinski definition) is 0. The largest absolute Gasteiger partial charge is 0.371 e. The van der Waals surface area contributed by atoms with Crippen LogP contribution in [0.5, 0.6) is 0 Å². The number of nitrogens with zero attached hydrogens (tertiary/aromatic N) is 1. The van der Waals surface area contributed by atoms with Crippen molar-refractivity contribution in [2.45, 2.75) is 13.3 Å². The zero-order valence-corrected chi connectivity index (χ0v) is 6.88. The molecule has 11 heavy (non-hydrogen) atoms. The number of hydrogen-bond acceptors (Lipinski definition) is 1. The van der Waals surface area contributed by atoms with Crippen LogP contribution in [0.15, 0.2) is 24.3 Å². The molecule has 0 unspecified atom stereocenters. The number of anilines is 1. The fraction of sp³-hybridized carbons (Fsp3) is 0.400. The maximum absolute atomic E-state index is 2.41. The van der Waals surface area contributed by atoms with Gasteiger partial charge < -0.3 is 4.90 Å².